The third-order valence-electron chi connectivity index (χ3n) is 4.95. The summed E-state index contributed by atoms with van der Waals surface area (Å²) in [5, 5.41) is 2.97. The predicted molar refractivity (Wildman–Crippen MR) is 81.4 cm³/mol. The van der Waals surface area contributed by atoms with Gasteiger partial charge in [0.05, 0.1) is 12.1 Å². The van der Waals surface area contributed by atoms with Crippen molar-refractivity contribution in [1.82, 2.24) is 4.90 Å². The van der Waals surface area contributed by atoms with Gasteiger partial charge >= 0.3 is 0 Å². The molecule has 0 atom stereocenters. The van der Waals surface area contributed by atoms with E-state index in [-0.39, 0.29) is 11.5 Å². The standard InChI is InChI=1S/C17H22N2O2/c20-16-11-17(21-15-4-2-1-3-14(15)18-16)7-9-19(10-8-17)12-13-5-6-13/h1-4,13H,5-12H2,(H,18,20). The van der Waals surface area contributed by atoms with Crippen LogP contribution < -0.4 is 10.1 Å². The minimum absolute atomic E-state index is 0.0793. The molecule has 4 rings (SSSR count). The van der Waals surface area contributed by atoms with Gasteiger partial charge in [0.1, 0.15) is 11.4 Å². The Kier molecular flexibility index (Phi) is 3.14. The Morgan fingerprint density at radius 2 is 2.00 bits per heavy atom. The predicted octanol–water partition coefficient (Wildman–Crippen LogP) is 2.65. The number of amides is 1. The van der Waals surface area contributed by atoms with Gasteiger partial charge in [0, 0.05) is 32.5 Å². The first-order valence-electron chi connectivity index (χ1n) is 8.03. The maximum absolute atomic E-state index is 12.2. The molecule has 0 bridgehead atoms. The molecular formula is C17H22N2O2. The van der Waals surface area contributed by atoms with Gasteiger partial charge in [-0.25, -0.2) is 0 Å². The van der Waals surface area contributed by atoms with Crippen LogP contribution in [0, 0.1) is 5.92 Å². The molecule has 1 aromatic carbocycles. The number of para-hydroxylation sites is 2. The van der Waals surface area contributed by atoms with Gasteiger partial charge in [0.15, 0.2) is 0 Å². The SMILES string of the molecule is O=C1CC2(CCN(CC3CC3)CC2)Oc2ccccc2N1. The van der Waals surface area contributed by atoms with Crippen molar-refractivity contribution in [2.75, 3.05) is 25.0 Å². The van der Waals surface area contributed by atoms with E-state index in [2.05, 4.69) is 10.2 Å². The summed E-state index contributed by atoms with van der Waals surface area (Å²) in [7, 11) is 0. The topological polar surface area (TPSA) is 41.6 Å². The molecule has 1 N–H and O–H groups in total. The highest BCUT2D eigenvalue weighted by atomic mass is 16.5. The van der Waals surface area contributed by atoms with Gasteiger partial charge in [-0.1, -0.05) is 12.1 Å². The maximum Gasteiger partial charge on any atom is 0.228 e. The summed E-state index contributed by atoms with van der Waals surface area (Å²) in [5.41, 5.74) is 0.497. The van der Waals surface area contributed by atoms with E-state index in [1.165, 1.54) is 19.4 Å². The van der Waals surface area contributed by atoms with Crippen molar-refractivity contribution < 1.29 is 9.53 Å². The van der Waals surface area contributed by atoms with Crippen LogP contribution in [0.1, 0.15) is 32.1 Å². The lowest BCUT2D eigenvalue weighted by molar-refractivity contribution is -0.121. The average molecular weight is 286 g/mol. The number of nitrogens with zero attached hydrogens (tertiary/aromatic N) is 1. The van der Waals surface area contributed by atoms with E-state index in [4.69, 9.17) is 4.74 Å². The lowest BCUT2D eigenvalue weighted by Gasteiger charge is -2.40. The summed E-state index contributed by atoms with van der Waals surface area (Å²) < 4.78 is 6.31. The average Bonchev–Trinajstić information content (AvgIpc) is 3.28. The molecule has 1 saturated heterocycles. The van der Waals surface area contributed by atoms with Crippen LogP contribution in [0.15, 0.2) is 24.3 Å². The number of hydrogen-bond donors (Lipinski definition) is 1. The second-order valence-electron chi connectivity index (χ2n) is 6.75. The van der Waals surface area contributed by atoms with Crippen LogP contribution in [0.5, 0.6) is 5.75 Å². The highest BCUT2D eigenvalue weighted by Crippen LogP contribution is 2.39. The third-order valence-corrected chi connectivity index (χ3v) is 4.95. The number of fused-ring (bicyclic) bond motifs is 1. The number of carbonyl (C=O) groups is 1. The van der Waals surface area contributed by atoms with Crippen LogP contribution in [0.2, 0.25) is 0 Å². The second-order valence-corrected chi connectivity index (χ2v) is 6.75. The molecule has 21 heavy (non-hydrogen) atoms. The normalized spacial score (nSPS) is 24.9. The molecule has 1 saturated carbocycles. The number of nitrogens with one attached hydrogen (secondary N) is 1. The molecule has 4 nitrogen and oxygen atoms in total. The first-order valence-corrected chi connectivity index (χ1v) is 8.03. The Balaban J connectivity index is 1.50. The Bertz CT molecular complexity index is 545. The zero-order chi connectivity index (χ0) is 14.3. The Hall–Kier alpha value is -1.55. The highest BCUT2D eigenvalue weighted by Gasteiger charge is 2.41. The van der Waals surface area contributed by atoms with E-state index in [0.29, 0.717) is 6.42 Å². The number of anilines is 1. The summed E-state index contributed by atoms with van der Waals surface area (Å²) >= 11 is 0. The van der Waals surface area contributed by atoms with Crippen molar-refractivity contribution in [1.29, 1.82) is 0 Å². The Morgan fingerprint density at radius 3 is 2.76 bits per heavy atom. The highest BCUT2D eigenvalue weighted by molar-refractivity contribution is 5.93. The van der Waals surface area contributed by atoms with E-state index in [9.17, 15) is 4.79 Å². The summed E-state index contributed by atoms with van der Waals surface area (Å²) in [4.78, 5) is 14.7. The van der Waals surface area contributed by atoms with Crippen LogP contribution >= 0.6 is 0 Å². The van der Waals surface area contributed by atoms with Crippen molar-refractivity contribution in [3.05, 3.63) is 24.3 Å². The number of benzene rings is 1. The van der Waals surface area contributed by atoms with Gasteiger partial charge in [-0.2, -0.15) is 0 Å². The molecule has 112 valence electrons. The number of likely N-dealkylation sites (tertiary alicyclic amines) is 1. The van der Waals surface area contributed by atoms with E-state index in [0.717, 1.165) is 43.3 Å². The second kappa shape index (κ2) is 5.02. The first-order chi connectivity index (χ1) is 10.2. The summed E-state index contributed by atoms with van der Waals surface area (Å²) in [6, 6.07) is 7.76. The summed E-state index contributed by atoms with van der Waals surface area (Å²) in [6.45, 7) is 3.33. The lowest BCUT2D eigenvalue weighted by atomic mass is 9.87. The van der Waals surface area contributed by atoms with Gasteiger partial charge in [0.25, 0.3) is 0 Å². The number of hydrogen-bond acceptors (Lipinski definition) is 3. The minimum Gasteiger partial charge on any atom is -0.484 e. The van der Waals surface area contributed by atoms with Crippen LogP contribution in [-0.2, 0) is 4.79 Å². The minimum atomic E-state index is -0.309. The molecule has 4 heteroatoms. The Morgan fingerprint density at radius 1 is 1.24 bits per heavy atom. The molecule has 2 aliphatic heterocycles. The van der Waals surface area contributed by atoms with Crippen LogP contribution in [0.3, 0.4) is 0 Å². The molecule has 0 aromatic heterocycles. The molecule has 1 amide bonds. The molecule has 0 radical (unpaired) electrons. The van der Waals surface area contributed by atoms with Crippen LogP contribution in [0.4, 0.5) is 5.69 Å². The first kappa shape index (κ1) is 13.1. The fourth-order valence-corrected chi connectivity index (χ4v) is 3.50. The molecule has 1 aromatic rings. The van der Waals surface area contributed by atoms with Crippen molar-refractivity contribution >= 4 is 11.6 Å². The van der Waals surface area contributed by atoms with Gasteiger partial charge in [-0.3, -0.25) is 4.79 Å². The van der Waals surface area contributed by atoms with Gasteiger partial charge in [0.2, 0.25) is 5.91 Å². The van der Waals surface area contributed by atoms with Crippen molar-refractivity contribution in [2.24, 2.45) is 5.92 Å². The van der Waals surface area contributed by atoms with Gasteiger partial charge in [-0.05, 0) is 30.9 Å². The Labute approximate surface area is 125 Å². The maximum atomic E-state index is 12.2. The third kappa shape index (κ3) is 2.77. The number of rotatable bonds is 2. The molecule has 3 aliphatic rings. The molecule has 1 aliphatic carbocycles. The molecule has 2 fully saturated rings. The van der Waals surface area contributed by atoms with E-state index < -0.39 is 0 Å². The van der Waals surface area contributed by atoms with Crippen molar-refractivity contribution in [2.45, 2.75) is 37.7 Å². The van der Waals surface area contributed by atoms with Crippen molar-refractivity contribution in [3.63, 3.8) is 0 Å². The van der Waals surface area contributed by atoms with E-state index >= 15 is 0 Å². The number of piperidine rings is 1. The summed E-state index contributed by atoms with van der Waals surface area (Å²) in [6.07, 6.45) is 5.16. The molecule has 0 unspecified atom stereocenters. The fraction of sp³-hybridized carbons (Fsp3) is 0.588. The largest absolute Gasteiger partial charge is 0.484 e. The zero-order valence-electron chi connectivity index (χ0n) is 12.3. The van der Waals surface area contributed by atoms with Gasteiger partial charge < -0.3 is 15.0 Å². The fourth-order valence-electron chi connectivity index (χ4n) is 3.50. The monoisotopic (exact) mass is 286 g/mol. The molecule has 2 heterocycles. The number of ether oxygens (including phenoxy) is 1. The van der Waals surface area contributed by atoms with E-state index in [1.807, 2.05) is 24.3 Å². The molecular weight excluding hydrogens is 264 g/mol. The van der Waals surface area contributed by atoms with Crippen LogP contribution in [-0.4, -0.2) is 36.0 Å². The lowest BCUT2D eigenvalue weighted by Crippen LogP contribution is -2.49. The van der Waals surface area contributed by atoms with Crippen LogP contribution in [0.25, 0.3) is 0 Å². The zero-order valence-corrected chi connectivity index (χ0v) is 12.3. The summed E-state index contributed by atoms with van der Waals surface area (Å²) in [5.74, 6) is 1.83. The number of carbonyl (C=O) groups excluding carboxylic acids is 1. The van der Waals surface area contributed by atoms with Crippen molar-refractivity contribution in [3.8, 4) is 5.75 Å². The quantitative estimate of drug-likeness (QED) is 0.908. The van der Waals surface area contributed by atoms with Gasteiger partial charge in [-0.15, -0.1) is 0 Å². The van der Waals surface area contributed by atoms with E-state index in [1.54, 1.807) is 0 Å². The smallest absolute Gasteiger partial charge is 0.228 e. The molecule has 1 spiro atoms.